The molecule has 0 unspecified atom stereocenters. The van der Waals surface area contributed by atoms with Gasteiger partial charge in [-0.25, -0.2) is 17.5 Å². The van der Waals surface area contributed by atoms with Gasteiger partial charge < -0.3 is 15.0 Å². The van der Waals surface area contributed by atoms with Gasteiger partial charge in [0, 0.05) is 30.6 Å². The summed E-state index contributed by atoms with van der Waals surface area (Å²) in [5.41, 5.74) is 1.51. The second kappa shape index (κ2) is 11.0. The normalized spacial score (nSPS) is 13.3. The maximum atomic E-state index is 12.8. The fourth-order valence-electron chi connectivity index (χ4n) is 3.61. The van der Waals surface area contributed by atoms with Gasteiger partial charge in [0.1, 0.15) is 11.1 Å². The molecule has 1 aliphatic rings. The molecule has 0 saturated carbocycles. The Morgan fingerprint density at radius 1 is 1.26 bits per heavy atom. The number of nitrogens with one attached hydrogen (secondary N) is 1. The summed E-state index contributed by atoms with van der Waals surface area (Å²) < 4.78 is 31.7. The molecule has 0 aliphatic carbocycles. The van der Waals surface area contributed by atoms with E-state index in [4.69, 9.17) is 4.74 Å². The Kier molecular flexibility index (Phi) is 8.30. The van der Waals surface area contributed by atoms with Gasteiger partial charge in [0.2, 0.25) is 10.0 Å². The summed E-state index contributed by atoms with van der Waals surface area (Å²) >= 11 is 1.26. The third-order valence-electron chi connectivity index (χ3n) is 5.57. The second-order valence-corrected chi connectivity index (χ2v) is 11.0. The minimum atomic E-state index is -3.62. The first-order chi connectivity index (χ1) is 16.2. The van der Waals surface area contributed by atoms with E-state index in [2.05, 4.69) is 11.4 Å². The molecule has 2 amide bonds. The minimum absolute atomic E-state index is 0.117. The lowest BCUT2D eigenvalue weighted by molar-refractivity contribution is 0.102. The maximum absolute atomic E-state index is 12.8. The first kappa shape index (κ1) is 25.7. The van der Waals surface area contributed by atoms with E-state index < -0.39 is 22.0 Å². The lowest BCUT2D eigenvalue weighted by Gasteiger charge is -2.25. The van der Waals surface area contributed by atoms with Crippen LogP contribution in [0.2, 0.25) is 0 Å². The lowest BCUT2D eigenvalue weighted by atomic mass is 10.0. The highest BCUT2D eigenvalue weighted by Crippen LogP contribution is 2.37. The van der Waals surface area contributed by atoms with Crippen molar-refractivity contribution in [2.75, 3.05) is 32.1 Å². The van der Waals surface area contributed by atoms with Crippen LogP contribution in [0.1, 0.15) is 53.1 Å². The van der Waals surface area contributed by atoms with E-state index in [1.165, 1.54) is 47.0 Å². The van der Waals surface area contributed by atoms with Crippen LogP contribution in [0.25, 0.3) is 0 Å². The molecule has 9 nitrogen and oxygen atoms in total. The molecule has 1 aliphatic heterocycles. The number of amides is 2. The zero-order valence-electron chi connectivity index (χ0n) is 19.5. The van der Waals surface area contributed by atoms with Gasteiger partial charge in [-0.05, 0) is 49.6 Å². The predicted octanol–water partition coefficient (Wildman–Crippen LogP) is 3.81. The molecular weight excluding hydrogens is 476 g/mol. The fraction of sp³-hybridized carbons (Fsp3) is 0.435. The largest absolute Gasteiger partial charge is 0.450 e. The van der Waals surface area contributed by atoms with Gasteiger partial charge >= 0.3 is 6.09 Å². The average molecular weight is 505 g/mol. The Labute approximate surface area is 204 Å². The zero-order valence-corrected chi connectivity index (χ0v) is 21.1. The van der Waals surface area contributed by atoms with Gasteiger partial charge in [-0.1, -0.05) is 13.3 Å². The highest BCUT2D eigenvalue weighted by molar-refractivity contribution is 7.89. The number of fused-ring (bicyclic) bond motifs is 1. The van der Waals surface area contributed by atoms with Crippen molar-refractivity contribution in [2.24, 2.45) is 0 Å². The van der Waals surface area contributed by atoms with Crippen molar-refractivity contribution in [3.05, 3.63) is 45.8 Å². The van der Waals surface area contributed by atoms with Gasteiger partial charge in [-0.3, -0.25) is 4.79 Å². The molecular formula is C23H28N4O5S2. The van der Waals surface area contributed by atoms with Crippen LogP contribution in [0.3, 0.4) is 0 Å². The number of carbonyl (C=O) groups excluding carboxylic acids is 2. The van der Waals surface area contributed by atoms with Crippen LogP contribution < -0.4 is 5.32 Å². The summed E-state index contributed by atoms with van der Waals surface area (Å²) in [6.07, 6.45) is 1.75. The van der Waals surface area contributed by atoms with Gasteiger partial charge in [-0.15, -0.1) is 11.3 Å². The molecule has 1 N–H and O–H groups in total. The van der Waals surface area contributed by atoms with Gasteiger partial charge in [0.25, 0.3) is 5.91 Å². The van der Waals surface area contributed by atoms with Gasteiger partial charge in [0.05, 0.1) is 23.6 Å². The van der Waals surface area contributed by atoms with E-state index in [1.807, 2.05) is 6.92 Å². The van der Waals surface area contributed by atoms with Crippen molar-refractivity contribution in [3.63, 3.8) is 0 Å². The number of nitriles is 1. The number of hydrogen-bond donors (Lipinski definition) is 1. The Balaban J connectivity index is 1.75. The van der Waals surface area contributed by atoms with Crippen LogP contribution in [0.15, 0.2) is 29.2 Å². The van der Waals surface area contributed by atoms with Crippen LogP contribution in [0.4, 0.5) is 9.80 Å². The molecule has 0 radical (unpaired) electrons. The highest BCUT2D eigenvalue weighted by atomic mass is 32.2. The van der Waals surface area contributed by atoms with Crippen LogP contribution in [0.5, 0.6) is 0 Å². The number of benzene rings is 1. The summed E-state index contributed by atoms with van der Waals surface area (Å²) in [4.78, 5) is 27.4. The van der Waals surface area contributed by atoms with Crippen LogP contribution >= 0.6 is 11.3 Å². The van der Waals surface area contributed by atoms with Gasteiger partial charge in [0.15, 0.2) is 0 Å². The second-order valence-electron chi connectivity index (χ2n) is 7.85. The maximum Gasteiger partial charge on any atom is 0.410 e. The molecule has 1 aromatic carbocycles. The zero-order chi connectivity index (χ0) is 24.9. The number of hydrogen-bond acceptors (Lipinski definition) is 7. The molecule has 2 aromatic rings. The van der Waals surface area contributed by atoms with Crippen molar-refractivity contribution >= 4 is 38.4 Å². The van der Waals surface area contributed by atoms with E-state index >= 15 is 0 Å². The third-order valence-corrected chi connectivity index (χ3v) is 8.58. The summed E-state index contributed by atoms with van der Waals surface area (Å²) in [7, 11) is -2.09. The summed E-state index contributed by atoms with van der Waals surface area (Å²) in [5, 5.41) is 12.9. The van der Waals surface area contributed by atoms with Crippen molar-refractivity contribution < 1.29 is 22.7 Å². The van der Waals surface area contributed by atoms with Crippen molar-refractivity contribution in [1.82, 2.24) is 9.21 Å². The minimum Gasteiger partial charge on any atom is -0.450 e. The molecule has 0 atom stereocenters. The van der Waals surface area contributed by atoms with Gasteiger partial charge in [-0.2, -0.15) is 5.26 Å². The van der Waals surface area contributed by atoms with E-state index in [0.717, 1.165) is 23.3 Å². The number of sulfonamides is 1. The molecule has 0 spiro atoms. The standard InChI is InChI=1S/C23H28N4O5S2/c1-4-6-12-26(3)34(30,31)17-9-7-16(8-10-17)21(28)25-22-19(14-24)18-11-13-27(15-20(18)33-22)23(29)32-5-2/h7-10H,4-6,11-13,15H2,1-3H3,(H,25,28). The average Bonchev–Trinajstić information content (AvgIpc) is 3.18. The number of unbranched alkanes of at least 4 members (excludes halogenated alkanes) is 1. The van der Waals surface area contributed by atoms with Crippen LogP contribution in [-0.2, 0) is 27.7 Å². The van der Waals surface area contributed by atoms with E-state index in [0.29, 0.717) is 36.6 Å². The first-order valence-electron chi connectivity index (χ1n) is 11.1. The summed E-state index contributed by atoms with van der Waals surface area (Å²) in [6.45, 7) is 5.20. The predicted molar refractivity (Wildman–Crippen MR) is 129 cm³/mol. The van der Waals surface area contributed by atoms with Crippen LogP contribution in [0, 0.1) is 11.3 Å². The number of rotatable bonds is 8. The highest BCUT2D eigenvalue weighted by Gasteiger charge is 2.28. The first-order valence-corrected chi connectivity index (χ1v) is 13.3. The smallest absolute Gasteiger partial charge is 0.410 e. The summed E-state index contributed by atoms with van der Waals surface area (Å²) in [5.74, 6) is -0.444. The molecule has 0 saturated heterocycles. The molecule has 34 heavy (non-hydrogen) atoms. The van der Waals surface area contributed by atoms with Crippen molar-refractivity contribution in [2.45, 2.75) is 44.6 Å². The Morgan fingerprint density at radius 2 is 1.97 bits per heavy atom. The molecule has 0 bridgehead atoms. The molecule has 3 rings (SSSR count). The quantitative estimate of drug-likeness (QED) is 0.584. The molecule has 2 heterocycles. The van der Waals surface area contributed by atoms with Crippen molar-refractivity contribution in [1.29, 1.82) is 5.26 Å². The fourth-order valence-corrected chi connectivity index (χ4v) is 6.03. The third kappa shape index (κ3) is 5.41. The summed E-state index contributed by atoms with van der Waals surface area (Å²) in [6, 6.07) is 7.90. The Hall–Kier alpha value is -2.94. The monoisotopic (exact) mass is 504 g/mol. The number of nitrogens with zero attached hydrogens (tertiary/aromatic N) is 3. The lowest BCUT2D eigenvalue weighted by Crippen LogP contribution is -2.35. The number of ether oxygens (including phenoxy) is 1. The molecule has 182 valence electrons. The topological polar surface area (TPSA) is 120 Å². The SMILES string of the molecule is CCCCN(C)S(=O)(=O)c1ccc(C(=O)Nc2sc3c(c2C#N)CCN(C(=O)OCC)C3)cc1. The van der Waals surface area contributed by atoms with Crippen LogP contribution in [-0.4, -0.2) is 56.4 Å². The Morgan fingerprint density at radius 3 is 2.59 bits per heavy atom. The molecule has 11 heteroatoms. The number of anilines is 1. The van der Waals surface area contributed by atoms with E-state index in [1.54, 1.807) is 11.8 Å². The van der Waals surface area contributed by atoms with Crippen molar-refractivity contribution in [3.8, 4) is 6.07 Å². The number of carbonyl (C=O) groups is 2. The van der Waals surface area contributed by atoms with E-state index in [-0.39, 0.29) is 17.1 Å². The number of thiophene rings is 1. The molecule has 0 fully saturated rings. The van der Waals surface area contributed by atoms with E-state index in [9.17, 15) is 23.3 Å². The molecule has 1 aromatic heterocycles. The Bertz CT molecular complexity index is 1200.